The highest BCUT2D eigenvalue weighted by atomic mass is 15.4. The first kappa shape index (κ1) is 13.4. The summed E-state index contributed by atoms with van der Waals surface area (Å²) in [5, 5.41) is 7.75. The number of para-hydroxylation sites is 1. The van der Waals surface area contributed by atoms with Gasteiger partial charge in [0.15, 0.2) is 0 Å². The molecule has 0 aliphatic rings. The molecule has 0 atom stereocenters. The average Bonchev–Trinajstić information content (AvgIpc) is 2.94. The molecule has 0 amide bonds. The number of anilines is 2. The molecule has 0 unspecified atom stereocenters. The topological polar surface area (TPSA) is 42.7 Å². The van der Waals surface area contributed by atoms with Gasteiger partial charge in [0.1, 0.15) is 6.33 Å². The molecule has 4 nitrogen and oxygen atoms in total. The van der Waals surface area contributed by atoms with E-state index in [1.54, 1.807) is 11.0 Å². The molecule has 4 heteroatoms. The van der Waals surface area contributed by atoms with Crippen LogP contribution in [0, 0.1) is 20.8 Å². The number of nitrogens with one attached hydrogen (secondary N) is 1. The van der Waals surface area contributed by atoms with Crippen molar-refractivity contribution in [2.75, 3.05) is 5.32 Å². The number of aryl methyl sites for hydroxylation is 3. The van der Waals surface area contributed by atoms with E-state index in [0.717, 1.165) is 11.4 Å². The third kappa shape index (κ3) is 2.79. The lowest BCUT2D eigenvalue weighted by atomic mass is 10.1. The third-order valence-electron chi connectivity index (χ3n) is 3.60. The maximum Gasteiger partial charge on any atom is 0.246 e. The summed E-state index contributed by atoms with van der Waals surface area (Å²) in [6, 6.07) is 14.3. The minimum Gasteiger partial charge on any atom is -0.323 e. The largest absolute Gasteiger partial charge is 0.323 e. The highest BCUT2D eigenvalue weighted by Crippen LogP contribution is 2.22. The number of aromatic nitrogens is 3. The smallest absolute Gasteiger partial charge is 0.246 e. The van der Waals surface area contributed by atoms with Crippen LogP contribution in [0.25, 0.3) is 5.69 Å². The Balaban J connectivity index is 1.87. The first-order valence-corrected chi connectivity index (χ1v) is 6.95. The molecule has 1 N–H and O–H groups in total. The Morgan fingerprint density at radius 1 is 0.905 bits per heavy atom. The molecule has 0 aliphatic heterocycles. The van der Waals surface area contributed by atoms with Crippen LogP contribution in [0.5, 0.6) is 0 Å². The second-order valence-corrected chi connectivity index (χ2v) is 5.22. The van der Waals surface area contributed by atoms with Gasteiger partial charge in [-0.05, 0) is 55.7 Å². The fourth-order valence-electron chi connectivity index (χ4n) is 2.24. The second kappa shape index (κ2) is 5.40. The lowest BCUT2D eigenvalue weighted by Crippen LogP contribution is -1.99. The van der Waals surface area contributed by atoms with Crippen molar-refractivity contribution in [2.45, 2.75) is 20.8 Å². The van der Waals surface area contributed by atoms with Crippen LogP contribution in [0.3, 0.4) is 0 Å². The molecule has 2 aromatic carbocycles. The fraction of sp³-hybridized carbons (Fsp3) is 0.176. The van der Waals surface area contributed by atoms with Crippen molar-refractivity contribution in [3.05, 3.63) is 65.5 Å². The quantitative estimate of drug-likeness (QED) is 0.789. The molecule has 0 saturated heterocycles. The number of nitrogens with zero attached hydrogens (tertiary/aromatic N) is 3. The van der Waals surface area contributed by atoms with Crippen LogP contribution in [0.4, 0.5) is 11.6 Å². The van der Waals surface area contributed by atoms with Gasteiger partial charge < -0.3 is 5.32 Å². The summed E-state index contributed by atoms with van der Waals surface area (Å²) in [7, 11) is 0. The Kier molecular flexibility index (Phi) is 3.44. The van der Waals surface area contributed by atoms with Crippen molar-refractivity contribution in [3.8, 4) is 5.69 Å². The summed E-state index contributed by atoms with van der Waals surface area (Å²) in [6.45, 7) is 6.31. The van der Waals surface area contributed by atoms with Gasteiger partial charge in [0, 0.05) is 5.69 Å². The lowest BCUT2D eigenvalue weighted by Gasteiger charge is -2.09. The SMILES string of the molecule is Cc1cc(C)c(Nc2ncn(-c3ccccc3)n2)cc1C. The maximum atomic E-state index is 4.46. The van der Waals surface area contributed by atoms with E-state index < -0.39 is 0 Å². The van der Waals surface area contributed by atoms with E-state index in [9.17, 15) is 0 Å². The van der Waals surface area contributed by atoms with E-state index in [1.165, 1.54) is 16.7 Å². The van der Waals surface area contributed by atoms with E-state index in [0.29, 0.717) is 5.95 Å². The monoisotopic (exact) mass is 278 g/mol. The van der Waals surface area contributed by atoms with Gasteiger partial charge in [-0.25, -0.2) is 4.68 Å². The van der Waals surface area contributed by atoms with Gasteiger partial charge in [-0.15, -0.1) is 5.10 Å². The van der Waals surface area contributed by atoms with Crippen LogP contribution in [0.2, 0.25) is 0 Å². The molecule has 1 aromatic heterocycles. The van der Waals surface area contributed by atoms with Crippen LogP contribution in [-0.2, 0) is 0 Å². The predicted molar refractivity (Wildman–Crippen MR) is 85.3 cm³/mol. The van der Waals surface area contributed by atoms with Gasteiger partial charge in [0.05, 0.1) is 5.69 Å². The molecular weight excluding hydrogens is 260 g/mol. The minimum absolute atomic E-state index is 0.602. The Bertz CT molecular complexity index is 760. The summed E-state index contributed by atoms with van der Waals surface area (Å²) in [5.74, 6) is 0.602. The van der Waals surface area contributed by atoms with E-state index in [-0.39, 0.29) is 0 Å². The zero-order chi connectivity index (χ0) is 14.8. The third-order valence-corrected chi connectivity index (χ3v) is 3.60. The molecule has 3 aromatic rings. The van der Waals surface area contributed by atoms with Crippen LogP contribution in [-0.4, -0.2) is 14.8 Å². The van der Waals surface area contributed by atoms with Gasteiger partial charge >= 0.3 is 0 Å². The molecule has 21 heavy (non-hydrogen) atoms. The molecule has 1 heterocycles. The van der Waals surface area contributed by atoms with Crippen molar-refractivity contribution in [1.82, 2.24) is 14.8 Å². The van der Waals surface area contributed by atoms with Gasteiger partial charge in [-0.3, -0.25) is 0 Å². The van der Waals surface area contributed by atoms with Crippen LogP contribution in [0.1, 0.15) is 16.7 Å². The van der Waals surface area contributed by atoms with Gasteiger partial charge in [0.25, 0.3) is 0 Å². The van der Waals surface area contributed by atoms with Crippen LogP contribution < -0.4 is 5.32 Å². The summed E-state index contributed by atoms with van der Waals surface area (Å²) in [5.41, 5.74) is 5.78. The second-order valence-electron chi connectivity index (χ2n) is 5.22. The molecule has 0 fully saturated rings. The van der Waals surface area contributed by atoms with Gasteiger partial charge in [0.2, 0.25) is 5.95 Å². The summed E-state index contributed by atoms with van der Waals surface area (Å²) >= 11 is 0. The molecule has 0 spiro atoms. The molecule has 106 valence electrons. The molecule has 3 rings (SSSR count). The zero-order valence-corrected chi connectivity index (χ0v) is 12.5. The summed E-state index contributed by atoms with van der Waals surface area (Å²) in [4.78, 5) is 4.32. The molecule has 0 radical (unpaired) electrons. The number of hydrogen-bond acceptors (Lipinski definition) is 3. The first-order chi connectivity index (χ1) is 10.1. The van der Waals surface area contributed by atoms with Crippen LogP contribution >= 0.6 is 0 Å². The number of rotatable bonds is 3. The summed E-state index contributed by atoms with van der Waals surface area (Å²) < 4.78 is 1.76. The standard InChI is InChI=1S/C17H18N4/c1-12-9-14(3)16(10-13(12)2)19-17-18-11-21(20-17)15-7-5-4-6-8-15/h4-11H,1-3H3,(H,19,20). The fourth-order valence-corrected chi connectivity index (χ4v) is 2.24. The molecule has 0 aliphatic carbocycles. The van der Waals surface area contributed by atoms with Gasteiger partial charge in [-0.2, -0.15) is 4.98 Å². The van der Waals surface area contributed by atoms with E-state index >= 15 is 0 Å². The average molecular weight is 278 g/mol. The predicted octanol–water partition coefficient (Wildman–Crippen LogP) is 3.94. The van der Waals surface area contributed by atoms with Crippen molar-refractivity contribution >= 4 is 11.6 Å². The van der Waals surface area contributed by atoms with Gasteiger partial charge in [-0.1, -0.05) is 24.3 Å². The normalized spacial score (nSPS) is 10.6. The highest BCUT2D eigenvalue weighted by molar-refractivity contribution is 5.60. The van der Waals surface area contributed by atoms with Crippen molar-refractivity contribution in [3.63, 3.8) is 0 Å². The van der Waals surface area contributed by atoms with E-state index in [1.807, 2.05) is 30.3 Å². The summed E-state index contributed by atoms with van der Waals surface area (Å²) in [6.07, 6.45) is 1.72. The van der Waals surface area contributed by atoms with Crippen LogP contribution in [0.15, 0.2) is 48.8 Å². The highest BCUT2D eigenvalue weighted by Gasteiger charge is 2.06. The van der Waals surface area contributed by atoms with E-state index in [2.05, 4.69) is 48.3 Å². The lowest BCUT2D eigenvalue weighted by molar-refractivity contribution is 0.882. The van der Waals surface area contributed by atoms with E-state index in [4.69, 9.17) is 0 Å². The Labute approximate surface area is 124 Å². The molecule has 0 bridgehead atoms. The first-order valence-electron chi connectivity index (χ1n) is 6.95. The zero-order valence-electron chi connectivity index (χ0n) is 12.5. The number of hydrogen-bond donors (Lipinski definition) is 1. The minimum atomic E-state index is 0.602. The Hall–Kier alpha value is -2.62. The Morgan fingerprint density at radius 2 is 1.62 bits per heavy atom. The van der Waals surface area contributed by atoms with Crippen molar-refractivity contribution in [1.29, 1.82) is 0 Å². The Morgan fingerprint density at radius 3 is 2.38 bits per heavy atom. The maximum absolute atomic E-state index is 4.46. The number of benzene rings is 2. The molecular formula is C17H18N4. The van der Waals surface area contributed by atoms with Crippen molar-refractivity contribution in [2.24, 2.45) is 0 Å². The molecule has 0 saturated carbocycles. The van der Waals surface area contributed by atoms with Crippen molar-refractivity contribution < 1.29 is 0 Å².